The number of ketones is 1. The van der Waals surface area contributed by atoms with Gasteiger partial charge in [0.2, 0.25) is 0 Å². The molecule has 1 aliphatic heterocycles. The number of carbonyl (C=O) groups excluding carboxylic acids is 1. The molecule has 0 atom stereocenters. The number of nitrogens with zero attached hydrogens (tertiary/aromatic N) is 1. The molecule has 2 aromatic carbocycles. The van der Waals surface area contributed by atoms with Crippen molar-refractivity contribution in [3.8, 4) is 11.8 Å². The van der Waals surface area contributed by atoms with Crippen molar-refractivity contribution >= 4 is 17.2 Å². The van der Waals surface area contributed by atoms with Crippen molar-refractivity contribution in [2.24, 2.45) is 0 Å². The maximum Gasteiger partial charge on any atom is 0.187 e. The number of methoxy groups -OCH3 is 1. The molecular formula is C22H23N3O2. The molecule has 0 saturated carbocycles. The summed E-state index contributed by atoms with van der Waals surface area (Å²) in [5, 5.41) is 15.5. The van der Waals surface area contributed by atoms with Crippen LogP contribution in [0.3, 0.4) is 0 Å². The molecule has 0 amide bonds. The number of hydrogen-bond donors (Lipinski definition) is 2. The largest absolute Gasteiger partial charge is 0.495 e. The summed E-state index contributed by atoms with van der Waals surface area (Å²) in [6.45, 7) is 4.21. The molecule has 1 aliphatic rings. The van der Waals surface area contributed by atoms with E-state index in [1.165, 1.54) is 0 Å². The van der Waals surface area contributed by atoms with E-state index in [1.807, 2.05) is 19.2 Å². The number of carbonyl (C=O) groups is 1. The van der Waals surface area contributed by atoms with Crippen LogP contribution in [0.4, 0.5) is 5.69 Å². The van der Waals surface area contributed by atoms with Crippen LogP contribution in [0.2, 0.25) is 0 Å². The number of nitriles is 1. The molecule has 138 valence electrons. The highest BCUT2D eigenvalue weighted by Gasteiger charge is 2.29. The zero-order valence-corrected chi connectivity index (χ0v) is 16.0. The van der Waals surface area contributed by atoms with Gasteiger partial charge in [0.25, 0.3) is 0 Å². The minimum Gasteiger partial charge on any atom is -0.495 e. The van der Waals surface area contributed by atoms with E-state index >= 15 is 0 Å². The number of anilines is 1. The predicted octanol–water partition coefficient (Wildman–Crippen LogP) is 3.76. The summed E-state index contributed by atoms with van der Waals surface area (Å²) in [7, 11) is 3.50. The van der Waals surface area contributed by atoms with Gasteiger partial charge in [-0.1, -0.05) is 0 Å². The summed E-state index contributed by atoms with van der Waals surface area (Å²) in [5.74, 6) is 0.680. The molecule has 1 heterocycles. The highest BCUT2D eigenvalue weighted by Crippen LogP contribution is 2.36. The van der Waals surface area contributed by atoms with Gasteiger partial charge in [-0.3, -0.25) is 4.79 Å². The first-order chi connectivity index (χ1) is 12.9. The van der Waals surface area contributed by atoms with Crippen LogP contribution >= 0.6 is 0 Å². The third-order valence-corrected chi connectivity index (χ3v) is 4.66. The van der Waals surface area contributed by atoms with Gasteiger partial charge in [0.1, 0.15) is 5.75 Å². The molecule has 0 saturated heterocycles. The highest BCUT2D eigenvalue weighted by atomic mass is 16.5. The van der Waals surface area contributed by atoms with E-state index < -0.39 is 0 Å². The number of allylic oxidation sites excluding steroid dienone is 1. The Kier molecular flexibility index (Phi) is 4.91. The second-order valence-electron chi connectivity index (χ2n) is 7.26. The number of ether oxygens (including phenoxy) is 1. The number of fused-ring (bicyclic) bond motifs is 1. The fourth-order valence-electron chi connectivity index (χ4n) is 3.37. The monoisotopic (exact) mass is 361 g/mol. The molecule has 0 fully saturated rings. The molecule has 0 unspecified atom stereocenters. The van der Waals surface area contributed by atoms with Gasteiger partial charge in [0, 0.05) is 35.5 Å². The zero-order chi connectivity index (χ0) is 19.6. The Labute approximate surface area is 159 Å². The van der Waals surface area contributed by atoms with Crippen LogP contribution in [0.1, 0.15) is 40.9 Å². The summed E-state index contributed by atoms with van der Waals surface area (Å²) in [4.78, 5) is 12.8. The second kappa shape index (κ2) is 7.16. The Morgan fingerprint density at radius 2 is 2.00 bits per heavy atom. The summed E-state index contributed by atoms with van der Waals surface area (Å²) in [6.07, 6.45) is 2.46. The van der Waals surface area contributed by atoms with Gasteiger partial charge in [0.05, 0.1) is 24.4 Å². The average molecular weight is 361 g/mol. The van der Waals surface area contributed by atoms with E-state index in [-0.39, 0.29) is 11.3 Å². The van der Waals surface area contributed by atoms with Crippen LogP contribution in [0, 0.1) is 11.3 Å². The molecule has 0 aliphatic carbocycles. The van der Waals surface area contributed by atoms with E-state index in [0.29, 0.717) is 11.1 Å². The van der Waals surface area contributed by atoms with Gasteiger partial charge in [-0.15, -0.1) is 0 Å². The van der Waals surface area contributed by atoms with Crippen molar-refractivity contribution in [3.63, 3.8) is 0 Å². The summed E-state index contributed by atoms with van der Waals surface area (Å²) >= 11 is 0. The van der Waals surface area contributed by atoms with Gasteiger partial charge < -0.3 is 15.4 Å². The normalized spacial score (nSPS) is 16.0. The SMILES string of the molecule is CNc1cc2c(cc1OC)CC(C)(C)NC2=CC(=O)c1ccc(C#N)cc1. The van der Waals surface area contributed by atoms with Crippen LogP contribution in [0.15, 0.2) is 42.5 Å². The number of hydrogen-bond acceptors (Lipinski definition) is 5. The van der Waals surface area contributed by atoms with Crippen molar-refractivity contribution in [2.75, 3.05) is 19.5 Å². The van der Waals surface area contributed by atoms with Gasteiger partial charge in [-0.05, 0) is 62.2 Å². The first-order valence-corrected chi connectivity index (χ1v) is 8.80. The van der Waals surface area contributed by atoms with E-state index in [1.54, 1.807) is 37.5 Å². The van der Waals surface area contributed by atoms with Crippen molar-refractivity contribution in [1.29, 1.82) is 5.26 Å². The van der Waals surface area contributed by atoms with E-state index in [2.05, 4.69) is 30.6 Å². The summed E-state index contributed by atoms with van der Waals surface area (Å²) in [6, 6.07) is 12.8. The molecule has 3 rings (SSSR count). The predicted molar refractivity (Wildman–Crippen MR) is 107 cm³/mol. The smallest absolute Gasteiger partial charge is 0.187 e. The topological polar surface area (TPSA) is 74.2 Å². The van der Waals surface area contributed by atoms with Crippen molar-refractivity contribution in [2.45, 2.75) is 25.8 Å². The molecule has 2 aromatic rings. The maximum absolute atomic E-state index is 12.8. The Bertz CT molecular complexity index is 951. The minimum absolute atomic E-state index is 0.104. The first-order valence-electron chi connectivity index (χ1n) is 8.80. The second-order valence-corrected chi connectivity index (χ2v) is 7.26. The van der Waals surface area contributed by atoms with Gasteiger partial charge >= 0.3 is 0 Å². The molecule has 0 aromatic heterocycles. The van der Waals surface area contributed by atoms with E-state index in [0.717, 1.165) is 34.7 Å². The lowest BCUT2D eigenvalue weighted by molar-refractivity contribution is 0.104. The average Bonchev–Trinajstić information content (AvgIpc) is 2.66. The standard InChI is InChI=1S/C22H23N3O2/c1-22(2)12-16-9-21(27-4)19(24-3)10-17(16)18(25-22)11-20(26)15-7-5-14(13-23)6-8-15/h5-11,24-25H,12H2,1-4H3. The highest BCUT2D eigenvalue weighted by molar-refractivity contribution is 6.08. The first kappa shape index (κ1) is 18.5. The Balaban J connectivity index is 2.05. The quantitative estimate of drug-likeness (QED) is 0.641. The molecule has 0 bridgehead atoms. The third kappa shape index (κ3) is 3.80. The van der Waals surface area contributed by atoms with E-state index in [4.69, 9.17) is 10.00 Å². The van der Waals surface area contributed by atoms with Gasteiger partial charge in [0.15, 0.2) is 5.78 Å². The maximum atomic E-state index is 12.8. The molecule has 5 nitrogen and oxygen atoms in total. The van der Waals surface area contributed by atoms with Crippen molar-refractivity contribution < 1.29 is 9.53 Å². The zero-order valence-electron chi connectivity index (χ0n) is 16.0. The Hall–Kier alpha value is -3.26. The lowest BCUT2D eigenvalue weighted by atomic mass is 9.85. The van der Waals surface area contributed by atoms with Crippen LogP contribution < -0.4 is 15.4 Å². The minimum atomic E-state index is -0.185. The van der Waals surface area contributed by atoms with Crippen LogP contribution in [0.5, 0.6) is 5.75 Å². The Morgan fingerprint density at radius 3 is 2.59 bits per heavy atom. The molecule has 0 spiro atoms. The van der Waals surface area contributed by atoms with Gasteiger partial charge in [-0.2, -0.15) is 5.26 Å². The molecule has 27 heavy (non-hydrogen) atoms. The number of benzene rings is 2. The molecule has 5 heteroatoms. The lowest BCUT2D eigenvalue weighted by Crippen LogP contribution is -2.43. The molecule has 0 radical (unpaired) electrons. The number of rotatable bonds is 4. The fraction of sp³-hybridized carbons (Fsp3) is 0.273. The van der Waals surface area contributed by atoms with Crippen LogP contribution in [-0.4, -0.2) is 25.5 Å². The summed E-state index contributed by atoms with van der Waals surface area (Å²) < 4.78 is 5.48. The van der Waals surface area contributed by atoms with Crippen molar-refractivity contribution in [3.05, 3.63) is 64.7 Å². The fourth-order valence-corrected chi connectivity index (χ4v) is 3.37. The third-order valence-electron chi connectivity index (χ3n) is 4.66. The van der Waals surface area contributed by atoms with Crippen LogP contribution in [0.25, 0.3) is 5.70 Å². The van der Waals surface area contributed by atoms with Gasteiger partial charge in [-0.25, -0.2) is 0 Å². The molecule has 2 N–H and O–H groups in total. The van der Waals surface area contributed by atoms with Crippen LogP contribution in [-0.2, 0) is 6.42 Å². The van der Waals surface area contributed by atoms with Crippen molar-refractivity contribution in [1.82, 2.24) is 5.32 Å². The Morgan fingerprint density at radius 1 is 1.30 bits per heavy atom. The summed E-state index contributed by atoms with van der Waals surface area (Å²) in [5.41, 5.74) is 4.68. The lowest BCUT2D eigenvalue weighted by Gasteiger charge is -2.36. The molecular weight excluding hydrogens is 338 g/mol. The number of nitrogens with one attached hydrogen (secondary N) is 2. The van der Waals surface area contributed by atoms with E-state index in [9.17, 15) is 4.79 Å².